The molecule has 0 aliphatic carbocycles. The van der Waals surface area contributed by atoms with Crippen molar-refractivity contribution in [3.63, 3.8) is 0 Å². The molecule has 0 aromatic heterocycles. The quantitative estimate of drug-likeness (QED) is 0.696. The fraction of sp³-hybridized carbons (Fsp3) is 0.900. The molecule has 3 heteroatoms. The molecule has 0 radical (unpaired) electrons. The molecule has 0 aromatic carbocycles. The van der Waals surface area contributed by atoms with Gasteiger partial charge in [0.2, 0.25) is 5.91 Å². The van der Waals surface area contributed by atoms with E-state index in [1.807, 2.05) is 11.9 Å². The molecule has 1 heterocycles. The normalized spacial score (nSPS) is 29.5. The number of nitrogens with one attached hydrogen (secondary N) is 1. The molecule has 0 spiro atoms. The number of carbonyl (C=O) groups is 1. The van der Waals surface area contributed by atoms with Crippen LogP contribution < -0.4 is 5.32 Å². The van der Waals surface area contributed by atoms with Crippen molar-refractivity contribution in [1.82, 2.24) is 10.2 Å². The Hall–Kier alpha value is -0.570. The van der Waals surface area contributed by atoms with Gasteiger partial charge in [-0.3, -0.25) is 10.1 Å². The Morgan fingerprint density at radius 2 is 1.77 bits per heavy atom. The largest absolute Gasteiger partial charge is 0.329 e. The monoisotopic (exact) mass is 184 g/mol. The summed E-state index contributed by atoms with van der Waals surface area (Å²) in [6.07, 6.45) is 0.208. The smallest absolute Gasteiger partial charge is 0.241 e. The maximum Gasteiger partial charge on any atom is 0.241 e. The second-order valence-corrected chi connectivity index (χ2v) is 4.53. The summed E-state index contributed by atoms with van der Waals surface area (Å²) in [5.41, 5.74) is 0. The minimum atomic E-state index is 0.0115. The third kappa shape index (κ3) is 1.85. The number of carbonyl (C=O) groups excluding carboxylic acids is 1. The molecule has 1 aliphatic rings. The molecule has 2 atom stereocenters. The molecule has 0 saturated carbocycles. The second-order valence-electron chi connectivity index (χ2n) is 4.53. The van der Waals surface area contributed by atoms with Gasteiger partial charge in [0.05, 0.1) is 12.2 Å². The number of amides is 1. The van der Waals surface area contributed by atoms with E-state index in [4.69, 9.17) is 0 Å². The van der Waals surface area contributed by atoms with E-state index in [1.54, 1.807) is 0 Å². The number of hydrogen-bond acceptors (Lipinski definition) is 2. The van der Waals surface area contributed by atoms with Crippen molar-refractivity contribution < 1.29 is 4.79 Å². The summed E-state index contributed by atoms with van der Waals surface area (Å²) in [6, 6.07) is 0.0115. The van der Waals surface area contributed by atoms with E-state index in [2.05, 4.69) is 33.0 Å². The summed E-state index contributed by atoms with van der Waals surface area (Å²) < 4.78 is 0. The van der Waals surface area contributed by atoms with Gasteiger partial charge in [0.15, 0.2) is 0 Å². The molecule has 3 nitrogen and oxygen atoms in total. The van der Waals surface area contributed by atoms with Crippen molar-refractivity contribution in [1.29, 1.82) is 0 Å². The lowest BCUT2D eigenvalue weighted by Crippen LogP contribution is -2.40. The maximum absolute atomic E-state index is 11.7. The standard InChI is InChI=1S/C10H20N2O/c1-6(2)8-10(13)12(5)9(11-8)7(3)4/h6-9,11H,1-5H3. The zero-order chi connectivity index (χ0) is 10.2. The van der Waals surface area contributed by atoms with Crippen molar-refractivity contribution in [2.75, 3.05) is 7.05 Å². The summed E-state index contributed by atoms with van der Waals surface area (Å²) in [7, 11) is 1.88. The van der Waals surface area contributed by atoms with Gasteiger partial charge in [0, 0.05) is 7.05 Å². The molecule has 1 fully saturated rings. The van der Waals surface area contributed by atoms with Crippen LogP contribution in [-0.2, 0) is 4.79 Å². The number of likely N-dealkylation sites (N-methyl/N-ethyl adjacent to an activating group) is 1. The van der Waals surface area contributed by atoms with Crippen molar-refractivity contribution >= 4 is 5.91 Å². The molecule has 1 amide bonds. The molecule has 1 rings (SSSR count). The number of nitrogens with zero attached hydrogens (tertiary/aromatic N) is 1. The average Bonchev–Trinajstić information content (AvgIpc) is 2.29. The van der Waals surface area contributed by atoms with E-state index in [-0.39, 0.29) is 18.1 Å². The molecule has 2 unspecified atom stereocenters. The van der Waals surface area contributed by atoms with Gasteiger partial charge in [0.1, 0.15) is 0 Å². The van der Waals surface area contributed by atoms with Crippen molar-refractivity contribution in [3.8, 4) is 0 Å². The van der Waals surface area contributed by atoms with Gasteiger partial charge in [-0.1, -0.05) is 27.7 Å². The first-order chi connectivity index (χ1) is 5.95. The first-order valence-corrected chi connectivity index (χ1v) is 4.98. The van der Waals surface area contributed by atoms with Crippen LogP contribution >= 0.6 is 0 Å². The van der Waals surface area contributed by atoms with E-state index in [0.717, 1.165) is 0 Å². The van der Waals surface area contributed by atoms with Crippen LogP contribution in [0.5, 0.6) is 0 Å². The minimum absolute atomic E-state index is 0.0115. The van der Waals surface area contributed by atoms with Crippen LogP contribution in [0.3, 0.4) is 0 Å². The van der Waals surface area contributed by atoms with Crippen LogP contribution in [0.15, 0.2) is 0 Å². The third-order valence-electron chi connectivity index (χ3n) is 2.68. The molecule has 1 saturated heterocycles. The van der Waals surface area contributed by atoms with E-state index in [0.29, 0.717) is 11.8 Å². The first-order valence-electron chi connectivity index (χ1n) is 4.98. The molecule has 0 aromatic rings. The first kappa shape index (κ1) is 10.5. The molecular formula is C10H20N2O. The zero-order valence-electron chi connectivity index (χ0n) is 9.16. The van der Waals surface area contributed by atoms with Gasteiger partial charge in [-0.25, -0.2) is 0 Å². The number of rotatable bonds is 2. The lowest BCUT2D eigenvalue weighted by molar-refractivity contribution is -0.129. The minimum Gasteiger partial charge on any atom is -0.329 e. The SMILES string of the molecule is CC(C)C1NC(C(C)C)N(C)C1=O. The molecular weight excluding hydrogens is 164 g/mol. The summed E-state index contributed by atoms with van der Waals surface area (Å²) in [4.78, 5) is 13.6. The molecule has 1 N–H and O–H groups in total. The fourth-order valence-electron chi connectivity index (χ4n) is 1.84. The Kier molecular flexibility index (Phi) is 2.96. The Balaban J connectivity index is 2.72. The van der Waals surface area contributed by atoms with Crippen molar-refractivity contribution in [2.45, 2.75) is 39.9 Å². The van der Waals surface area contributed by atoms with Crippen LogP contribution in [0.1, 0.15) is 27.7 Å². The predicted octanol–water partition coefficient (Wildman–Crippen LogP) is 1.05. The van der Waals surface area contributed by atoms with Crippen LogP contribution in [0, 0.1) is 11.8 Å². The summed E-state index contributed by atoms with van der Waals surface area (Å²) in [5, 5.41) is 3.37. The summed E-state index contributed by atoms with van der Waals surface area (Å²) in [6.45, 7) is 8.41. The lowest BCUT2D eigenvalue weighted by Gasteiger charge is -2.22. The van der Waals surface area contributed by atoms with Gasteiger partial charge in [-0.15, -0.1) is 0 Å². The Bertz CT molecular complexity index is 201. The Morgan fingerprint density at radius 3 is 2.00 bits per heavy atom. The third-order valence-corrected chi connectivity index (χ3v) is 2.68. The van der Waals surface area contributed by atoms with Crippen LogP contribution in [-0.4, -0.2) is 30.1 Å². The average molecular weight is 184 g/mol. The van der Waals surface area contributed by atoms with Gasteiger partial charge in [-0.05, 0) is 11.8 Å². The highest BCUT2D eigenvalue weighted by molar-refractivity contribution is 5.84. The Labute approximate surface area is 80.5 Å². The zero-order valence-corrected chi connectivity index (χ0v) is 9.16. The van der Waals surface area contributed by atoms with Gasteiger partial charge in [0.25, 0.3) is 0 Å². The second kappa shape index (κ2) is 3.66. The van der Waals surface area contributed by atoms with E-state index >= 15 is 0 Å². The summed E-state index contributed by atoms with van der Waals surface area (Å²) >= 11 is 0. The van der Waals surface area contributed by atoms with E-state index < -0.39 is 0 Å². The van der Waals surface area contributed by atoms with Crippen LogP contribution in [0.25, 0.3) is 0 Å². The van der Waals surface area contributed by atoms with Crippen molar-refractivity contribution in [3.05, 3.63) is 0 Å². The fourth-order valence-corrected chi connectivity index (χ4v) is 1.84. The van der Waals surface area contributed by atoms with E-state index in [1.165, 1.54) is 0 Å². The lowest BCUT2D eigenvalue weighted by atomic mass is 10.1. The molecule has 0 bridgehead atoms. The molecule has 1 aliphatic heterocycles. The van der Waals surface area contributed by atoms with Gasteiger partial charge < -0.3 is 4.90 Å². The molecule has 13 heavy (non-hydrogen) atoms. The van der Waals surface area contributed by atoms with E-state index in [9.17, 15) is 4.79 Å². The van der Waals surface area contributed by atoms with Crippen molar-refractivity contribution in [2.24, 2.45) is 11.8 Å². The maximum atomic E-state index is 11.7. The predicted molar refractivity (Wildman–Crippen MR) is 53.2 cm³/mol. The highest BCUT2D eigenvalue weighted by Crippen LogP contribution is 2.19. The highest BCUT2D eigenvalue weighted by Gasteiger charge is 2.38. The van der Waals surface area contributed by atoms with Gasteiger partial charge >= 0.3 is 0 Å². The van der Waals surface area contributed by atoms with Crippen LogP contribution in [0.4, 0.5) is 0 Å². The van der Waals surface area contributed by atoms with Gasteiger partial charge in [-0.2, -0.15) is 0 Å². The van der Waals surface area contributed by atoms with Crippen LogP contribution in [0.2, 0.25) is 0 Å². The molecule has 76 valence electrons. The highest BCUT2D eigenvalue weighted by atomic mass is 16.2. The topological polar surface area (TPSA) is 32.3 Å². The Morgan fingerprint density at radius 1 is 1.23 bits per heavy atom. The number of hydrogen-bond donors (Lipinski definition) is 1. The summed E-state index contributed by atoms with van der Waals surface area (Å²) in [5.74, 6) is 1.07.